The van der Waals surface area contributed by atoms with E-state index in [0.29, 0.717) is 6.61 Å². The quantitative estimate of drug-likeness (QED) is 0.717. The fourth-order valence-electron chi connectivity index (χ4n) is 1.14. The summed E-state index contributed by atoms with van der Waals surface area (Å²) >= 11 is 0. The van der Waals surface area contributed by atoms with Gasteiger partial charge in [0.25, 0.3) is 0 Å². The maximum atomic E-state index is 5.58. The molecule has 0 saturated carbocycles. The highest BCUT2D eigenvalue weighted by atomic mass is 16.5. The molecule has 0 amide bonds. The molecule has 0 heterocycles. The Morgan fingerprint density at radius 2 is 2.14 bits per heavy atom. The first-order chi connectivity index (χ1) is 6.76. The molecule has 14 heavy (non-hydrogen) atoms. The molecule has 78 valence electrons. The van der Waals surface area contributed by atoms with Gasteiger partial charge in [-0.2, -0.15) is 0 Å². The summed E-state index contributed by atoms with van der Waals surface area (Å²) in [4.78, 5) is 0. The SMILES string of the molecule is CCc1cccc(OCC(C)OC)c1. The summed E-state index contributed by atoms with van der Waals surface area (Å²) in [6.45, 7) is 4.73. The number of benzene rings is 1. The minimum Gasteiger partial charge on any atom is -0.491 e. The van der Waals surface area contributed by atoms with Gasteiger partial charge in [0, 0.05) is 7.11 Å². The van der Waals surface area contributed by atoms with Crippen LogP contribution in [0.1, 0.15) is 19.4 Å². The zero-order valence-corrected chi connectivity index (χ0v) is 9.12. The van der Waals surface area contributed by atoms with E-state index in [2.05, 4.69) is 19.1 Å². The van der Waals surface area contributed by atoms with Gasteiger partial charge in [0.05, 0.1) is 6.10 Å². The highest BCUT2D eigenvalue weighted by Crippen LogP contribution is 2.13. The minimum absolute atomic E-state index is 0.139. The van der Waals surface area contributed by atoms with Gasteiger partial charge in [-0.05, 0) is 31.0 Å². The molecule has 0 N–H and O–H groups in total. The van der Waals surface area contributed by atoms with Crippen molar-refractivity contribution < 1.29 is 9.47 Å². The average molecular weight is 194 g/mol. The summed E-state index contributed by atoms with van der Waals surface area (Å²) in [5.74, 6) is 0.924. The number of methoxy groups -OCH3 is 1. The van der Waals surface area contributed by atoms with Crippen LogP contribution < -0.4 is 4.74 Å². The molecule has 1 aromatic rings. The van der Waals surface area contributed by atoms with Crippen LogP contribution in [-0.2, 0) is 11.2 Å². The van der Waals surface area contributed by atoms with E-state index in [-0.39, 0.29) is 6.10 Å². The molecule has 0 radical (unpaired) electrons. The summed E-state index contributed by atoms with van der Waals surface area (Å²) in [5, 5.41) is 0. The van der Waals surface area contributed by atoms with E-state index in [0.717, 1.165) is 12.2 Å². The van der Waals surface area contributed by atoms with Gasteiger partial charge in [-0.25, -0.2) is 0 Å². The summed E-state index contributed by atoms with van der Waals surface area (Å²) in [7, 11) is 1.69. The number of aryl methyl sites for hydroxylation is 1. The van der Waals surface area contributed by atoms with Crippen LogP contribution in [0.15, 0.2) is 24.3 Å². The third kappa shape index (κ3) is 3.38. The standard InChI is InChI=1S/C12H18O2/c1-4-11-6-5-7-12(8-11)14-9-10(2)13-3/h5-8,10H,4,9H2,1-3H3. The second kappa shape index (κ2) is 5.66. The maximum absolute atomic E-state index is 5.58. The first kappa shape index (κ1) is 11.1. The Morgan fingerprint density at radius 1 is 1.36 bits per heavy atom. The smallest absolute Gasteiger partial charge is 0.119 e. The monoisotopic (exact) mass is 194 g/mol. The number of ether oxygens (including phenoxy) is 2. The van der Waals surface area contributed by atoms with E-state index in [1.165, 1.54) is 5.56 Å². The molecule has 0 spiro atoms. The van der Waals surface area contributed by atoms with Crippen molar-refractivity contribution in [2.45, 2.75) is 26.4 Å². The molecule has 0 aliphatic carbocycles. The summed E-state index contributed by atoms with van der Waals surface area (Å²) in [6, 6.07) is 8.17. The van der Waals surface area contributed by atoms with Gasteiger partial charge >= 0.3 is 0 Å². The molecule has 1 aromatic carbocycles. The van der Waals surface area contributed by atoms with Crippen molar-refractivity contribution in [2.24, 2.45) is 0 Å². The molecule has 0 aliphatic heterocycles. The normalized spacial score (nSPS) is 12.5. The van der Waals surface area contributed by atoms with Gasteiger partial charge in [0.1, 0.15) is 12.4 Å². The van der Waals surface area contributed by atoms with Crippen molar-refractivity contribution in [3.8, 4) is 5.75 Å². The third-order valence-electron chi connectivity index (χ3n) is 2.19. The lowest BCUT2D eigenvalue weighted by molar-refractivity contribution is 0.0716. The maximum Gasteiger partial charge on any atom is 0.119 e. The number of rotatable bonds is 5. The highest BCUT2D eigenvalue weighted by molar-refractivity contribution is 5.28. The van der Waals surface area contributed by atoms with Crippen LogP contribution in [0.25, 0.3) is 0 Å². The van der Waals surface area contributed by atoms with E-state index < -0.39 is 0 Å². The first-order valence-corrected chi connectivity index (χ1v) is 5.00. The third-order valence-corrected chi connectivity index (χ3v) is 2.19. The fourth-order valence-corrected chi connectivity index (χ4v) is 1.14. The minimum atomic E-state index is 0.139. The van der Waals surface area contributed by atoms with Crippen LogP contribution in [0, 0.1) is 0 Å². The second-order valence-corrected chi connectivity index (χ2v) is 3.36. The van der Waals surface area contributed by atoms with E-state index in [9.17, 15) is 0 Å². The van der Waals surface area contributed by atoms with Crippen LogP contribution >= 0.6 is 0 Å². The van der Waals surface area contributed by atoms with Crippen LogP contribution in [0.4, 0.5) is 0 Å². The summed E-state index contributed by atoms with van der Waals surface area (Å²) in [6.07, 6.45) is 1.18. The van der Waals surface area contributed by atoms with Gasteiger partial charge in [-0.1, -0.05) is 19.1 Å². The fraction of sp³-hybridized carbons (Fsp3) is 0.500. The Bertz CT molecular complexity index is 271. The lowest BCUT2D eigenvalue weighted by Gasteiger charge is -2.11. The van der Waals surface area contributed by atoms with E-state index in [1.807, 2.05) is 19.1 Å². The number of hydrogen-bond acceptors (Lipinski definition) is 2. The lowest BCUT2D eigenvalue weighted by Crippen LogP contribution is -2.15. The van der Waals surface area contributed by atoms with Crippen molar-refractivity contribution in [2.75, 3.05) is 13.7 Å². The Morgan fingerprint density at radius 3 is 2.79 bits per heavy atom. The molecule has 2 heteroatoms. The molecular formula is C12H18O2. The zero-order chi connectivity index (χ0) is 10.4. The Kier molecular flexibility index (Phi) is 4.47. The Balaban J connectivity index is 2.50. The highest BCUT2D eigenvalue weighted by Gasteiger charge is 2.00. The van der Waals surface area contributed by atoms with Crippen molar-refractivity contribution in [1.82, 2.24) is 0 Å². The zero-order valence-electron chi connectivity index (χ0n) is 9.12. The molecular weight excluding hydrogens is 176 g/mol. The summed E-state index contributed by atoms with van der Waals surface area (Å²) in [5.41, 5.74) is 1.30. The van der Waals surface area contributed by atoms with Crippen LogP contribution in [0.3, 0.4) is 0 Å². The van der Waals surface area contributed by atoms with Gasteiger partial charge in [-0.15, -0.1) is 0 Å². The molecule has 1 unspecified atom stereocenters. The first-order valence-electron chi connectivity index (χ1n) is 5.00. The van der Waals surface area contributed by atoms with Crippen molar-refractivity contribution >= 4 is 0 Å². The van der Waals surface area contributed by atoms with Crippen LogP contribution in [-0.4, -0.2) is 19.8 Å². The summed E-state index contributed by atoms with van der Waals surface area (Å²) < 4.78 is 10.7. The molecule has 0 fully saturated rings. The van der Waals surface area contributed by atoms with Crippen LogP contribution in [0.5, 0.6) is 5.75 Å². The van der Waals surface area contributed by atoms with Gasteiger partial charge < -0.3 is 9.47 Å². The van der Waals surface area contributed by atoms with E-state index in [1.54, 1.807) is 7.11 Å². The van der Waals surface area contributed by atoms with Gasteiger partial charge in [0.15, 0.2) is 0 Å². The van der Waals surface area contributed by atoms with Gasteiger partial charge in [0.2, 0.25) is 0 Å². The molecule has 0 aliphatic rings. The van der Waals surface area contributed by atoms with Crippen molar-refractivity contribution in [3.05, 3.63) is 29.8 Å². The Labute approximate surface area is 85.8 Å². The number of hydrogen-bond donors (Lipinski definition) is 0. The molecule has 0 bridgehead atoms. The average Bonchev–Trinajstić information content (AvgIpc) is 2.26. The lowest BCUT2D eigenvalue weighted by atomic mass is 10.2. The molecule has 1 rings (SSSR count). The predicted molar refractivity (Wildman–Crippen MR) is 57.8 cm³/mol. The molecule has 1 atom stereocenters. The molecule has 0 aromatic heterocycles. The second-order valence-electron chi connectivity index (χ2n) is 3.36. The topological polar surface area (TPSA) is 18.5 Å². The van der Waals surface area contributed by atoms with Gasteiger partial charge in [-0.3, -0.25) is 0 Å². The Hall–Kier alpha value is -1.02. The van der Waals surface area contributed by atoms with Crippen molar-refractivity contribution in [1.29, 1.82) is 0 Å². The molecule has 2 nitrogen and oxygen atoms in total. The van der Waals surface area contributed by atoms with Crippen LogP contribution in [0.2, 0.25) is 0 Å². The van der Waals surface area contributed by atoms with E-state index >= 15 is 0 Å². The van der Waals surface area contributed by atoms with E-state index in [4.69, 9.17) is 9.47 Å². The van der Waals surface area contributed by atoms with Crippen molar-refractivity contribution in [3.63, 3.8) is 0 Å². The molecule has 0 saturated heterocycles. The predicted octanol–water partition coefficient (Wildman–Crippen LogP) is 2.66. The largest absolute Gasteiger partial charge is 0.491 e.